The zero-order chi connectivity index (χ0) is 14.8. The molecule has 5 nitrogen and oxygen atoms in total. The minimum atomic E-state index is -1.80. The predicted molar refractivity (Wildman–Crippen MR) is 76.3 cm³/mol. The first-order chi connectivity index (χ1) is 8.53. The first kappa shape index (κ1) is 16.5. The van der Waals surface area contributed by atoms with Crippen LogP contribution >= 0.6 is 0 Å². The van der Waals surface area contributed by atoms with Gasteiger partial charge in [0.15, 0.2) is 8.32 Å². The van der Waals surface area contributed by atoms with Crippen molar-refractivity contribution in [2.45, 2.75) is 64.0 Å². The van der Waals surface area contributed by atoms with Crippen molar-refractivity contribution in [2.24, 2.45) is 11.7 Å². The van der Waals surface area contributed by atoms with Gasteiger partial charge in [0.25, 0.3) is 0 Å². The second kappa shape index (κ2) is 5.81. The Balaban J connectivity index is 2.48. The second-order valence-corrected chi connectivity index (χ2v) is 11.7. The van der Waals surface area contributed by atoms with Crippen LogP contribution in [-0.2, 0) is 9.16 Å². The maximum atomic E-state index is 10.7. The van der Waals surface area contributed by atoms with E-state index in [4.69, 9.17) is 14.9 Å². The van der Waals surface area contributed by atoms with Gasteiger partial charge in [-0.05, 0) is 24.6 Å². The molecule has 1 aliphatic carbocycles. The molecule has 0 aromatic rings. The molecule has 0 spiro atoms. The van der Waals surface area contributed by atoms with Gasteiger partial charge in [0.2, 0.25) is 0 Å². The van der Waals surface area contributed by atoms with E-state index < -0.39 is 20.5 Å². The summed E-state index contributed by atoms with van der Waals surface area (Å²) < 4.78 is 11.1. The molecule has 1 saturated carbocycles. The van der Waals surface area contributed by atoms with E-state index in [0.717, 1.165) is 0 Å². The van der Waals surface area contributed by atoms with Gasteiger partial charge >= 0.3 is 6.09 Å². The Morgan fingerprint density at radius 2 is 1.95 bits per heavy atom. The summed E-state index contributed by atoms with van der Waals surface area (Å²) >= 11 is 0. The van der Waals surface area contributed by atoms with Gasteiger partial charge < -0.3 is 20.0 Å². The Kier molecular flexibility index (Phi) is 5.03. The normalized spacial score (nSPS) is 28.4. The molecule has 6 heteroatoms. The van der Waals surface area contributed by atoms with Gasteiger partial charge in [-0.2, -0.15) is 0 Å². The minimum absolute atomic E-state index is 0.0264. The average molecular weight is 289 g/mol. The molecular formula is C13H27NO4Si. The highest BCUT2D eigenvalue weighted by molar-refractivity contribution is 6.74. The number of aliphatic hydroxyl groups is 1. The molecular weight excluding hydrogens is 262 g/mol. The number of ether oxygens (including phenoxy) is 1. The number of amides is 1. The number of rotatable bonds is 4. The van der Waals surface area contributed by atoms with Crippen molar-refractivity contribution in [3.8, 4) is 0 Å². The quantitative estimate of drug-likeness (QED) is 0.778. The third-order valence-corrected chi connectivity index (χ3v) is 8.86. The van der Waals surface area contributed by atoms with Crippen molar-refractivity contribution < 1.29 is 19.1 Å². The topological polar surface area (TPSA) is 81.8 Å². The van der Waals surface area contributed by atoms with Crippen molar-refractivity contribution in [1.29, 1.82) is 0 Å². The lowest BCUT2D eigenvalue weighted by Gasteiger charge is -2.37. The van der Waals surface area contributed by atoms with E-state index in [1.807, 2.05) is 0 Å². The molecule has 0 heterocycles. The molecule has 0 aliphatic heterocycles. The van der Waals surface area contributed by atoms with Gasteiger partial charge in [0, 0.05) is 18.9 Å². The third-order valence-electron chi connectivity index (χ3n) is 4.36. The molecule has 112 valence electrons. The molecule has 0 aromatic carbocycles. The lowest BCUT2D eigenvalue weighted by Crippen LogP contribution is -2.42. The van der Waals surface area contributed by atoms with E-state index in [9.17, 15) is 9.90 Å². The molecule has 0 saturated heterocycles. The number of carbonyl (C=O) groups excluding carboxylic acids is 1. The summed E-state index contributed by atoms with van der Waals surface area (Å²) in [5.41, 5.74) is 5.00. The molecule has 3 atom stereocenters. The summed E-state index contributed by atoms with van der Waals surface area (Å²) in [5, 5.41) is 10.1. The van der Waals surface area contributed by atoms with Gasteiger partial charge in [-0.1, -0.05) is 20.8 Å². The van der Waals surface area contributed by atoms with E-state index in [2.05, 4.69) is 33.9 Å². The SMILES string of the molecule is CC(C)(C)[Si](C)(C)OC[C@H]1C[C@@H](OC(N)=O)C[C@@H]1O. The monoisotopic (exact) mass is 289 g/mol. The predicted octanol–water partition coefficient (Wildman–Crippen LogP) is 2.24. The molecule has 0 radical (unpaired) electrons. The second-order valence-electron chi connectivity index (χ2n) is 6.93. The standard InChI is InChI=1S/C13H27NO4Si/c1-13(2,3)19(4,5)17-8-9-6-10(7-11(9)15)18-12(14)16/h9-11,15H,6-8H2,1-5H3,(H2,14,16)/t9-,10-,11+/m1/s1. The maximum absolute atomic E-state index is 10.7. The average Bonchev–Trinajstić information content (AvgIpc) is 2.53. The molecule has 0 unspecified atom stereocenters. The van der Waals surface area contributed by atoms with E-state index in [0.29, 0.717) is 19.4 Å². The van der Waals surface area contributed by atoms with Crippen LogP contribution in [-0.4, -0.2) is 38.3 Å². The van der Waals surface area contributed by atoms with Gasteiger partial charge in [0.1, 0.15) is 6.10 Å². The van der Waals surface area contributed by atoms with Crippen LogP contribution in [0.25, 0.3) is 0 Å². The number of primary amides is 1. The van der Waals surface area contributed by atoms with E-state index in [1.54, 1.807) is 0 Å². The molecule has 0 aromatic heterocycles. The Hall–Kier alpha value is -0.593. The highest BCUT2D eigenvalue weighted by Crippen LogP contribution is 2.38. The maximum Gasteiger partial charge on any atom is 0.404 e. The van der Waals surface area contributed by atoms with Crippen LogP contribution in [0.15, 0.2) is 0 Å². The summed E-state index contributed by atoms with van der Waals surface area (Å²) in [7, 11) is -1.80. The van der Waals surface area contributed by atoms with E-state index in [-0.39, 0.29) is 17.1 Å². The summed E-state index contributed by atoms with van der Waals surface area (Å²) in [4.78, 5) is 10.7. The Labute approximate surface area is 116 Å². The van der Waals surface area contributed by atoms with Crippen molar-refractivity contribution in [3.63, 3.8) is 0 Å². The Morgan fingerprint density at radius 1 is 1.37 bits per heavy atom. The summed E-state index contributed by atoms with van der Waals surface area (Å²) in [6.07, 6.45) is -0.453. The highest BCUT2D eigenvalue weighted by atomic mass is 28.4. The summed E-state index contributed by atoms with van der Waals surface area (Å²) in [6, 6.07) is 0. The van der Waals surface area contributed by atoms with Crippen molar-refractivity contribution in [3.05, 3.63) is 0 Å². The van der Waals surface area contributed by atoms with Gasteiger partial charge in [0.05, 0.1) is 6.10 Å². The molecule has 0 bridgehead atoms. The van der Waals surface area contributed by atoms with Crippen LogP contribution in [0.3, 0.4) is 0 Å². The van der Waals surface area contributed by atoms with E-state index >= 15 is 0 Å². The largest absolute Gasteiger partial charge is 0.446 e. The molecule has 1 rings (SSSR count). The van der Waals surface area contributed by atoms with Crippen LogP contribution in [0.5, 0.6) is 0 Å². The fourth-order valence-corrected chi connectivity index (χ4v) is 3.09. The minimum Gasteiger partial charge on any atom is -0.446 e. The molecule has 1 fully saturated rings. The number of carbonyl (C=O) groups is 1. The fraction of sp³-hybridized carbons (Fsp3) is 0.923. The van der Waals surface area contributed by atoms with Crippen LogP contribution in [0, 0.1) is 5.92 Å². The molecule has 19 heavy (non-hydrogen) atoms. The molecule has 3 N–H and O–H groups in total. The number of nitrogens with two attached hydrogens (primary N) is 1. The summed E-state index contributed by atoms with van der Waals surface area (Å²) in [5.74, 6) is 0.0264. The fourth-order valence-electron chi connectivity index (χ4n) is 2.02. The van der Waals surface area contributed by atoms with Gasteiger partial charge in [-0.15, -0.1) is 0 Å². The lowest BCUT2D eigenvalue weighted by molar-refractivity contribution is 0.0876. The number of hydrogen-bond donors (Lipinski definition) is 2. The van der Waals surface area contributed by atoms with Crippen LogP contribution in [0.2, 0.25) is 18.1 Å². The summed E-state index contributed by atoms with van der Waals surface area (Å²) in [6.45, 7) is 11.4. The zero-order valence-corrected chi connectivity index (χ0v) is 13.6. The van der Waals surface area contributed by atoms with Gasteiger partial charge in [-0.25, -0.2) is 4.79 Å². The van der Waals surface area contributed by atoms with E-state index in [1.165, 1.54) is 0 Å². The van der Waals surface area contributed by atoms with Crippen molar-refractivity contribution in [2.75, 3.05) is 6.61 Å². The smallest absolute Gasteiger partial charge is 0.404 e. The van der Waals surface area contributed by atoms with Gasteiger partial charge in [-0.3, -0.25) is 0 Å². The lowest BCUT2D eigenvalue weighted by atomic mass is 10.1. The highest BCUT2D eigenvalue weighted by Gasteiger charge is 2.40. The Morgan fingerprint density at radius 3 is 2.42 bits per heavy atom. The third kappa shape index (κ3) is 4.47. The van der Waals surface area contributed by atoms with Crippen molar-refractivity contribution in [1.82, 2.24) is 0 Å². The van der Waals surface area contributed by atoms with Crippen LogP contribution < -0.4 is 5.73 Å². The number of aliphatic hydroxyl groups excluding tert-OH is 1. The Bertz CT molecular complexity index is 327. The first-order valence-corrected chi connectivity index (χ1v) is 9.72. The molecule has 1 aliphatic rings. The first-order valence-electron chi connectivity index (χ1n) is 6.81. The zero-order valence-electron chi connectivity index (χ0n) is 12.6. The number of hydrogen-bond acceptors (Lipinski definition) is 4. The van der Waals surface area contributed by atoms with Crippen LogP contribution in [0.4, 0.5) is 4.79 Å². The van der Waals surface area contributed by atoms with Crippen LogP contribution in [0.1, 0.15) is 33.6 Å². The van der Waals surface area contributed by atoms with Crippen molar-refractivity contribution >= 4 is 14.4 Å². The molecule has 1 amide bonds.